The molecule has 0 saturated carbocycles. The quantitative estimate of drug-likeness (QED) is 0.925. The van der Waals surface area contributed by atoms with Crippen molar-refractivity contribution >= 4 is 0 Å². The summed E-state index contributed by atoms with van der Waals surface area (Å²) in [6.45, 7) is 4.56. The molecule has 3 nitrogen and oxygen atoms in total. The number of fused-ring (bicyclic) bond motifs is 2. The maximum atomic E-state index is 10.9. The predicted octanol–water partition coefficient (Wildman–Crippen LogP) is 3.10. The van der Waals surface area contributed by atoms with E-state index >= 15 is 0 Å². The minimum absolute atomic E-state index is 0.0305. The average molecular weight is 309 g/mol. The minimum atomic E-state index is -0.476. The molecule has 120 valence electrons. The van der Waals surface area contributed by atoms with Crippen LogP contribution in [0.15, 0.2) is 42.5 Å². The molecule has 4 rings (SSSR count). The number of aryl methyl sites for hydroxylation is 1. The van der Waals surface area contributed by atoms with Gasteiger partial charge in [0.2, 0.25) is 0 Å². The molecule has 0 saturated heterocycles. The van der Waals surface area contributed by atoms with Crippen LogP contribution in [0, 0.1) is 0 Å². The van der Waals surface area contributed by atoms with Crippen LogP contribution in [0.2, 0.25) is 0 Å². The number of aliphatic hydroxyl groups is 1. The largest absolute Gasteiger partial charge is 0.491 e. The molecule has 2 aliphatic heterocycles. The van der Waals surface area contributed by atoms with Gasteiger partial charge in [-0.15, -0.1) is 0 Å². The maximum absolute atomic E-state index is 10.9. The van der Waals surface area contributed by atoms with Crippen molar-refractivity contribution in [3.63, 3.8) is 0 Å². The van der Waals surface area contributed by atoms with Crippen LogP contribution in [0.25, 0.3) is 0 Å². The summed E-state index contributed by atoms with van der Waals surface area (Å²) in [6.07, 6.45) is 1.49. The highest BCUT2D eigenvalue weighted by Gasteiger charge is 2.35. The number of para-hydroxylation sites is 1. The fraction of sp³-hybridized carbons (Fsp3) is 0.400. The summed E-state index contributed by atoms with van der Waals surface area (Å²) >= 11 is 0. The van der Waals surface area contributed by atoms with Crippen molar-refractivity contribution < 1.29 is 9.84 Å². The fourth-order valence-electron chi connectivity index (χ4n) is 3.86. The number of ether oxygens (including phenoxy) is 1. The highest BCUT2D eigenvalue weighted by Crippen LogP contribution is 2.38. The molecule has 3 heteroatoms. The van der Waals surface area contributed by atoms with E-state index in [-0.39, 0.29) is 6.04 Å². The van der Waals surface area contributed by atoms with Crippen LogP contribution >= 0.6 is 0 Å². The zero-order chi connectivity index (χ0) is 15.8. The van der Waals surface area contributed by atoms with Gasteiger partial charge in [-0.05, 0) is 29.5 Å². The van der Waals surface area contributed by atoms with Crippen molar-refractivity contribution in [3.05, 3.63) is 64.7 Å². The van der Waals surface area contributed by atoms with Gasteiger partial charge in [-0.2, -0.15) is 0 Å². The lowest BCUT2D eigenvalue weighted by Gasteiger charge is -2.41. The van der Waals surface area contributed by atoms with Crippen molar-refractivity contribution in [1.29, 1.82) is 0 Å². The van der Waals surface area contributed by atoms with Gasteiger partial charge in [0.15, 0.2) is 0 Å². The Morgan fingerprint density at radius 3 is 2.78 bits per heavy atom. The summed E-state index contributed by atoms with van der Waals surface area (Å²) in [6, 6.07) is 14.8. The summed E-state index contributed by atoms with van der Waals surface area (Å²) in [5.74, 6) is 0.899. The molecule has 0 aliphatic carbocycles. The van der Waals surface area contributed by atoms with E-state index in [4.69, 9.17) is 4.74 Å². The summed E-state index contributed by atoms with van der Waals surface area (Å²) in [5.41, 5.74) is 4.94. The average Bonchev–Trinajstić information content (AvgIpc) is 2.61. The second kappa shape index (κ2) is 5.99. The number of hydrogen-bond acceptors (Lipinski definition) is 3. The molecule has 2 aliphatic rings. The Labute approximate surface area is 137 Å². The Balaban J connectivity index is 1.60. The van der Waals surface area contributed by atoms with Crippen molar-refractivity contribution in [2.45, 2.75) is 38.5 Å². The van der Waals surface area contributed by atoms with Crippen LogP contribution in [-0.4, -0.2) is 29.2 Å². The first-order chi connectivity index (χ1) is 11.3. The number of nitrogens with zero attached hydrogens (tertiary/aromatic N) is 1. The van der Waals surface area contributed by atoms with Gasteiger partial charge in [-0.1, -0.05) is 49.4 Å². The van der Waals surface area contributed by atoms with Crippen LogP contribution < -0.4 is 4.74 Å². The third-order valence-electron chi connectivity index (χ3n) is 5.22. The summed E-state index contributed by atoms with van der Waals surface area (Å²) < 4.78 is 6.07. The smallest absolute Gasteiger partial charge is 0.128 e. The standard InChI is InChI=1S/C20H23NO2/c1-2-14-8-5-9-17-19(22)18(13-23-20(14)17)21-11-10-15-6-3-4-7-16(15)12-21/h3-9,18-19,22H,2,10-13H2,1H3. The number of hydrogen-bond donors (Lipinski definition) is 1. The second-order valence-corrected chi connectivity index (χ2v) is 6.50. The molecule has 0 amide bonds. The second-order valence-electron chi connectivity index (χ2n) is 6.50. The highest BCUT2D eigenvalue weighted by molar-refractivity contribution is 5.45. The zero-order valence-electron chi connectivity index (χ0n) is 13.5. The monoisotopic (exact) mass is 309 g/mol. The van der Waals surface area contributed by atoms with E-state index in [9.17, 15) is 5.11 Å². The molecule has 2 unspecified atom stereocenters. The molecular formula is C20H23NO2. The van der Waals surface area contributed by atoms with Crippen LogP contribution in [0.1, 0.15) is 35.3 Å². The van der Waals surface area contributed by atoms with Gasteiger partial charge in [-0.3, -0.25) is 4.90 Å². The van der Waals surface area contributed by atoms with Crippen molar-refractivity contribution in [1.82, 2.24) is 4.90 Å². The summed E-state index contributed by atoms with van der Waals surface area (Å²) in [4.78, 5) is 2.37. The molecule has 0 fully saturated rings. The number of rotatable bonds is 2. The van der Waals surface area contributed by atoms with E-state index in [0.717, 1.165) is 37.2 Å². The van der Waals surface area contributed by atoms with Gasteiger partial charge >= 0.3 is 0 Å². The highest BCUT2D eigenvalue weighted by atomic mass is 16.5. The lowest BCUT2D eigenvalue weighted by molar-refractivity contribution is -0.00322. The zero-order valence-corrected chi connectivity index (χ0v) is 13.5. The Morgan fingerprint density at radius 1 is 1.13 bits per heavy atom. The van der Waals surface area contributed by atoms with E-state index in [1.165, 1.54) is 16.7 Å². The van der Waals surface area contributed by atoms with E-state index in [0.29, 0.717) is 6.61 Å². The molecule has 0 spiro atoms. The first-order valence-corrected chi connectivity index (χ1v) is 8.51. The topological polar surface area (TPSA) is 32.7 Å². The van der Waals surface area contributed by atoms with E-state index < -0.39 is 6.10 Å². The van der Waals surface area contributed by atoms with Crippen molar-refractivity contribution in [2.24, 2.45) is 0 Å². The third-order valence-corrected chi connectivity index (χ3v) is 5.22. The van der Waals surface area contributed by atoms with Gasteiger partial charge < -0.3 is 9.84 Å². The summed E-state index contributed by atoms with van der Waals surface area (Å²) in [5, 5.41) is 10.9. The molecule has 0 radical (unpaired) electrons. The Hall–Kier alpha value is -1.84. The molecule has 1 N–H and O–H groups in total. The van der Waals surface area contributed by atoms with E-state index in [1.807, 2.05) is 12.1 Å². The number of aliphatic hydroxyl groups excluding tert-OH is 1. The molecule has 0 aromatic heterocycles. The van der Waals surface area contributed by atoms with E-state index in [1.54, 1.807) is 0 Å². The van der Waals surface area contributed by atoms with Gasteiger partial charge in [0.1, 0.15) is 18.5 Å². The van der Waals surface area contributed by atoms with Gasteiger partial charge in [0, 0.05) is 18.7 Å². The molecular weight excluding hydrogens is 286 g/mol. The van der Waals surface area contributed by atoms with Crippen LogP contribution in [-0.2, 0) is 19.4 Å². The lowest BCUT2D eigenvalue weighted by Crippen LogP contribution is -2.48. The van der Waals surface area contributed by atoms with Gasteiger partial charge in [0.25, 0.3) is 0 Å². The lowest BCUT2D eigenvalue weighted by atomic mass is 9.92. The normalized spacial score (nSPS) is 23.7. The first-order valence-electron chi connectivity index (χ1n) is 8.51. The van der Waals surface area contributed by atoms with Crippen LogP contribution in [0.5, 0.6) is 5.75 Å². The molecule has 0 bridgehead atoms. The van der Waals surface area contributed by atoms with Gasteiger partial charge in [0.05, 0.1) is 6.04 Å². The molecule has 2 atom stereocenters. The Kier molecular flexibility index (Phi) is 3.83. The fourth-order valence-corrected chi connectivity index (χ4v) is 3.86. The molecule has 2 aromatic carbocycles. The number of benzene rings is 2. The third kappa shape index (κ3) is 2.54. The van der Waals surface area contributed by atoms with Crippen molar-refractivity contribution in [2.75, 3.05) is 13.2 Å². The minimum Gasteiger partial charge on any atom is -0.491 e. The Bertz CT molecular complexity index is 713. The molecule has 2 heterocycles. The first kappa shape index (κ1) is 14.7. The summed E-state index contributed by atoms with van der Waals surface area (Å²) in [7, 11) is 0. The molecule has 2 aromatic rings. The van der Waals surface area contributed by atoms with Crippen molar-refractivity contribution in [3.8, 4) is 5.75 Å². The Morgan fingerprint density at radius 2 is 1.96 bits per heavy atom. The van der Waals surface area contributed by atoms with E-state index in [2.05, 4.69) is 42.2 Å². The van der Waals surface area contributed by atoms with Gasteiger partial charge in [-0.25, -0.2) is 0 Å². The van der Waals surface area contributed by atoms with Crippen LogP contribution in [0.4, 0.5) is 0 Å². The molecule has 23 heavy (non-hydrogen) atoms. The van der Waals surface area contributed by atoms with Crippen LogP contribution in [0.3, 0.4) is 0 Å². The predicted molar refractivity (Wildman–Crippen MR) is 90.6 cm³/mol. The maximum Gasteiger partial charge on any atom is 0.128 e. The SMILES string of the molecule is CCc1cccc2c1OCC(N1CCc3ccccc3C1)C2O.